The average molecular weight is 401 g/mol. The van der Waals surface area contributed by atoms with E-state index in [1.54, 1.807) is 31.2 Å². The average Bonchev–Trinajstić information content (AvgIpc) is 2.87. The van der Waals surface area contributed by atoms with E-state index in [1.165, 1.54) is 22.8 Å². The normalized spacial score (nSPS) is 12.4. The highest BCUT2D eigenvalue weighted by molar-refractivity contribution is 6.39. The van der Waals surface area contributed by atoms with Crippen molar-refractivity contribution in [1.82, 2.24) is 4.57 Å². The van der Waals surface area contributed by atoms with Crippen molar-refractivity contribution in [3.8, 4) is 0 Å². The van der Waals surface area contributed by atoms with Crippen molar-refractivity contribution in [2.24, 2.45) is 0 Å². The lowest BCUT2D eigenvalue weighted by Gasteiger charge is -2.17. The molecule has 25 heavy (non-hydrogen) atoms. The zero-order valence-electron chi connectivity index (χ0n) is 13.1. The van der Waals surface area contributed by atoms with E-state index in [4.69, 9.17) is 39.5 Å². The SMILES string of the molecule is CCOC(=O)c1c(Cl)c2cc(F)ccc2n1C(Cl)c1cccc(Cl)c1. The molecule has 1 unspecified atom stereocenters. The van der Waals surface area contributed by atoms with E-state index >= 15 is 0 Å². The summed E-state index contributed by atoms with van der Waals surface area (Å²) >= 11 is 19.0. The fourth-order valence-corrected chi connectivity index (χ4v) is 3.53. The number of halogens is 4. The van der Waals surface area contributed by atoms with Crippen LogP contribution < -0.4 is 0 Å². The molecule has 0 fully saturated rings. The molecule has 1 heterocycles. The van der Waals surface area contributed by atoms with Gasteiger partial charge < -0.3 is 9.30 Å². The minimum absolute atomic E-state index is 0.0732. The topological polar surface area (TPSA) is 31.2 Å². The fraction of sp³-hybridized carbons (Fsp3) is 0.167. The van der Waals surface area contributed by atoms with Crippen LogP contribution in [0.2, 0.25) is 10.0 Å². The smallest absolute Gasteiger partial charge is 0.356 e. The minimum atomic E-state index is -0.779. The monoisotopic (exact) mass is 399 g/mol. The second kappa shape index (κ2) is 7.24. The molecule has 0 saturated heterocycles. The lowest BCUT2D eigenvalue weighted by molar-refractivity contribution is 0.0515. The number of aromatic nitrogens is 1. The van der Waals surface area contributed by atoms with Gasteiger partial charge in [0.15, 0.2) is 0 Å². The number of nitrogens with zero attached hydrogens (tertiary/aromatic N) is 1. The Morgan fingerprint density at radius 1 is 1.24 bits per heavy atom. The third kappa shape index (κ3) is 3.34. The summed E-state index contributed by atoms with van der Waals surface area (Å²) in [6.07, 6.45) is 0. The molecule has 0 spiro atoms. The van der Waals surface area contributed by atoms with E-state index < -0.39 is 17.3 Å². The van der Waals surface area contributed by atoms with Crippen molar-refractivity contribution >= 4 is 51.7 Å². The fourth-order valence-electron chi connectivity index (χ4n) is 2.67. The molecule has 2 aromatic carbocycles. The molecule has 0 amide bonds. The number of fused-ring (bicyclic) bond motifs is 1. The Balaban J connectivity index is 2.27. The molecule has 0 radical (unpaired) electrons. The zero-order valence-corrected chi connectivity index (χ0v) is 15.4. The van der Waals surface area contributed by atoms with Gasteiger partial charge in [0.1, 0.15) is 17.0 Å². The molecule has 0 aliphatic heterocycles. The summed E-state index contributed by atoms with van der Waals surface area (Å²) in [6, 6.07) is 11.0. The standard InChI is InChI=1S/C18H13Cl3FNO2/c1-2-25-18(24)16-15(20)13-9-12(22)6-7-14(13)23(16)17(21)10-4-3-5-11(19)8-10/h3-9,17H,2H2,1H3. The van der Waals surface area contributed by atoms with Gasteiger partial charge in [-0.25, -0.2) is 9.18 Å². The Morgan fingerprint density at radius 2 is 2.00 bits per heavy atom. The summed E-state index contributed by atoms with van der Waals surface area (Å²) in [5.74, 6) is -1.09. The van der Waals surface area contributed by atoms with Crippen molar-refractivity contribution in [1.29, 1.82) is 0 Å². The summed E-state index contributed by atoms with van der Waals surface area (Å²) in [7, 11) is 0. The molecule has 3 rings (SSSR count). The molecular weight excluding hydrogens is 388 g/mol. The predicted octanol–water partition coefficient (Wildman–Crippen LogP) is 6.05. The maximum absolute atomic E-state index is 13.6. The first-order chi connectivity index (χ1) is 11.9. The van der Waals surface area contributed by atoms with Gasteiger partial charge in [0, 0.05) is 10.4 Å². The van der Waals surface area contributed by atoms with Gasteiger partial charge in [0.05, 0.1) is 17.1 Å². The molecular formula is C18H13Cl3FNO2. The minimum Gasteiger partial charge on any atom is -0.461 e. The molecule has 1 aromatic heterocycles. The number of hydrogen-bond donors (Lipinski definition) is 0. The van der Waals surface area contributed by atoms with Crippen molar-refractivity contribution in [3.05, 3.63) is 69.6 Å². The molecule has 0 N–H and O–H groups in total. The number of carbonyl (C=O) groups is 1. The van der Waals surface area contributed by atoms with Crippen molar-refractivity contribution in [3.63, 3.8) is 0 Å². The van der Waals surface area contributed by atoms with E-state index in [2.05, 4.69) is 0 Å². The summed E-state index contributed by atoms with van der Waals surface area (Å²) < 4.78 is 20.3. The van der Waals surface area contributed by atoms with E-state index in [0.717, 1.165) is 0 Å². The summed E-state index contributed by atoms with van der Waals surface area (Å²) in [4.78, 5) is 12.4. The first-order valence-corrected chi connectivity index (χ1v) is 8.69. The number of benzene rings is 2. The zero-order chi connectivity index (χ0) is 18.1. The Kier molecular flexibility index (Phi) is 5.23. The van der Waals surface area contributed by atoms with Gasteiger partial charge in [-0.05, 0) is 42.8 Å². The van der Waals surface area contributed by atoms with Crippen LogP contribution in [0.1, 0.15) is 28.5 Å². The van der Waals surface area contributed by atoms with E-state index in [1.807, 2.05) is 0 Å². The van der Waals surface area contributed by atoms with Crippen molar-refractivity contribution in [2.75, 3.05) is 6.61 Å². The van der Waals surface area contributed by atoms with Crippen LogP contribution in [0.5, 0.6) is 0 Å². The molecule has 7 heteroatoms. The third-order valence-electron chi connectivity index (χ3n) is 3.72. The van der Waals surface area contributed by atoms with Gasteiger partial charge in [0.25, 0.3) is 0 Å². The molecule has 0 saturated carbocycles. The second-order valence-corrected chi connectivity index (χ2v) is 6.53. The van der Waals surface area contributed by atoms with Crippen molar-refractivity contribution < 1.29 is 13.9 Å². The van der Waals surface area contributed by atoms with Crippen LogP contribution in [0.3, 0.4) is 0 Å². The van der Waals surface area contributed by atoms with Crippen LogP contribution in [0.4, 0.5) is 4.39 Å². The van der Waals surface area contributed by atoms with Crippen LogP contribution >= 0.6 is 34.8 Å². The molecule has 0 aliphatic carbocycles. The highest BCUT2D eigenvalue weighted by Crippen LogP contribution is 2.38. The van der Waals surface area contributed by atoms with Gasteiger partial charge in [-0.1, -0.05) is 46.9 Å². The Bertz CT molecular complexity index is 955. The lowest BCUT2D eigenvalue weighted by atomic mass is 10.2. The van der Waals surface area contributed by atoms with E-state index in [-0.39, 0.29) is 17.3 Å². The predicted molar refractivity (Wildman–Crippen MR) is 98.3 cm³/mol. The van der Waals surface area contributed by atoms with Gasteiger partial charge in [-0.15, -0.1) is 0 Å². The number of ether oxygens (including phenoxy) is 1. The number of alkyl halides is 1. The molecule has 1 atom stereocenters. The highest BCUT2D eigenvalue weighted by Gasteiger charge is 2.27. The van der Waals surface area contributed by atoms with Crippen LogP contribution in [0.15, 0.2) is 42.5 Å². The van der Waals surface area contributed by atoms with Crippen LogP contribution in [0.25, 0.3) is 10.9 Å². The van der Waals surface area contributed by atoms with Crippen LogP contribution in [-0.4, -0.2) is 17.1 Å². The number of esters is 1. The summed E-state index contributed by atoms with van der Waals surface area (Å²) in [5.41, 5.74) is 0.481. The largest absolute Gasteiger partial charge is 0.461 e. The maximum Gasteiger partial charge on any atom is 0.356 e. The molecule has 130 valence electrons. The third-order valence-corrected chi connectivity index (χ3v) is 4.79. The Morgan fingerprint density at radius 3 is 2.68 bits per heavy atom. The van der Waals surface area contributed by atoms with Gasteiger partial charge >= 0.3 is 5.97 Å². The molecule has 3 aromatic rings. The second-order valence-electron chi connectivity index (χ2n) is 5.31. The van der Waals surface area contributed by atoms with Crippen molar-refractivity contribution in [2.45, 2.75) is 12.4 Å². The maximum atomic E-state index is 13.6. The summed E-state index contributed by atoms with van der Waals surface area (Å²) in [6.45, 7) is 1.86. The van der Waals surface area contributed by atoms with Gasteiger partial charge in [0.2, 0.25) is 0 Å². The first-order valence-electron chi connectivity index (χ1n) is 7.49. The molecule has 0 aliphatic rings. The lowest BCUT2D eigenvalue weighted by Crippen LogP contribution is -2.15. The van der Waals surface area contributed by atoms with Gasteiger partial charge in [-0.3, -0.25) is 0 Å². The van der Waals surface area contributed by atoms with Crippen LogP contribution in [-0.2, 0) is 4.74 Å². The summed E-state index contributed by atoms with van der Waals surface area (Å²) in [5, 5.41) is 0.993. The van der Waals surface area contributed by atoms with Crippen LogP contribution in [0, 0.1) is 5.82 Å². The van der Waals surface area contributed by atoms with E-state index in [9.17, 15) is 9.18 Å². The number of carbonyl (C=O) groups excluding carboxylic acids is 1. The highest BCUT2D eigenvalue weighted by atomic mass is 35.5. The number of rotatable bonds is 4. The quantitative estimate of drug-likeness (QED) is 0.394. The Labute approximate surface area is 158 Å². The number of hydrogen-bond acceptors (Lipinski definition) is 2. The van der Waals surface area contributed by atoms with Gasteiger partial charge in [-0.2, -0.15) is 0 Å². The van der Waals surface area contributed by atoms with E-state index in [0.29, 0.717) is 21.5 Å². The molecule has 0 bridgehead atoms. The first kappa shape index (κ1) is 18.1. The Hall–Kier alpha value is -1.75. The molecule has 3 nitrogen and oxygen atoms in total.